The van der Waals surface area contributed by atoms with Crippen molar-refractivity contribution in [2.24, 2.45) is 23.7 Å². The Bertz CT molecular complexity index is 1990. The number of unbranched alkanes of at least 4 members (excludes halogenated alkanes) is 45. The molecule has 0 spiro atoms. The zero-order chi connectivity index (χ0) is 75.3. The first-order valence-corrected chi connectivity index (χ1v) is 45.7. The normalized spacial score (nSPS) is 14.3. The predicted octanol–water partition coefficient (Wildman–Crippen LogP) is 24.8. The largest absolute Gasteiger partial charge is 0.472 e. The fourth-order valence-electron chi connectivity index (χ4n) is 12.8. The van der Waals surface area contributed by atoms with E-state index in [1.54, 1.807) is 0 Å². The highest BCUT2D eigenvalue weighted by Crippen LogP contribution is 2.45. The molecule has 19 heteroatoms. The van der Waals surface area contributed by atoms with E-state index >= 15 is 0 Å². The molecule has 0 aromatic heterocycles. The van der Waals surface area contributed by atoms with Crippen LogP contribution in [0.3, 0.4) is 0 Å². The van der Waals surface area contributed by atoms with Gasteiger partial charge in [0.25, 0.3) is 0 Å². The monoisotopic (exact) mass is 1490 g/mol. The molecular weight excluding hydrogens is 1330 g/mol. The Kier molecular flexibility index (Phi) is 70.6. The van der Waals surface area contributed by atoms with Gasteiger partial charge in [-0.3, -0.25) is 37.3 Å². The van der Waals surface area contributed by atoms with Gasteiger partial charge in [-0.15, -0.1) is 0 Å². The Morgan fingerprint density at radius 3 is 0.696 bits per heavy atom. The molecule has 0 aromatic carbocycles. The first-order chi connectivity index (χ1) is 49.1. The zero-order valence-electron chi connectivity index (χ0n) is 67.2. The summed E-state index contributed by atoms with van der Waals surface area (Å²) in [7, 11) is -9.92. The molecule has 0 saturated heterocycles. The molecule has 0 aliphatic rings. The Morgan fingerprint density at radius 1 is 0.275 bits per heavy atom. The van der Waals surface area contributed by atoms with Crippen LogP contribution in [0.25, 0.3) is 0 Å². The summed E-state index contributed by atoms with van der Waals surface area (Å²) in [4.78, 5) is 73.0. The van der Waals surface area contributed by atoms with Gasteiger partial charge in [0.15, 0.2) is 12.2 Å². The Morgan fingerprint density at radius 2 is 0.471 bits per heavy atom. The van der Waals surface area contributed by atoms with E-state index < -0.39 is 97.5 Å². The predicted molar refractivity (Wildman–Crippen MR) is 418 cm³/mol. The van der Waals surface area contributed by atoms with E-state index in [0.717, 1.165) is 120 Å². The maximum Gasteiger partial charge on any atom is 0.472 e. The summed E-state index contributed by atoms with van der Waals surface area (Å²) in [5, 5.41) is 10.6. The van der Waals surface area contributed by atoms with Gasteiger partial charge in [0, 0.05) is 25.7 Å². The van der Waals surface area contributed by atoms with Gasteiger partial charge in [0.2, 0.25) is 0 Å². The van der Waals surface area contributed by atoms with Crippen molar-refractivity contribution >= 4 is 39.5 Å². The van der Waals surface area contributed by atoms with E-state index in [2.05, 4.69) is 55.4 Å². The van der Waals surface area contributed by atoms with Crippen LogP contribution in [-0.2, 0) is 65.4 Å². The summed E-state index contributed by atoms with van der Waals surface area (Å²) < 4.78 is 68.7. The number of ether oxygens (including phenoxy) is 4. The van der Waals surface area contributed by atoms with Crippen LogP contribution >= 0.6 is 15.6 Å². The van der Waals surface area contributed by atoms with Crippen LogP contribution in [0.15, 0.2) is 0 Å². The molecule has 3 N–H and O–H groups in total. The number of esters is 4. The summed E-state index contributed by atoms with van der Waals surface area (Å²) in [6, 6.07) is 0. The Balaban J connectivity index is 5.17. The molecule has 17 nitrogen and oxygen atoms in total. The molecule has 102 heavy (non-hydrogen) atoms. The molecule has 0 bridgehead atoms. The van der Waals surface area contributed by atoms with E-state index in [1.165, 1.54) is 225 Å². The van der Waals surface area contributed by atoms with Crippen molar-refractivity contribution in [2.45, 2.75) is 446 Å². The fraction of sp³-hybridized carbons (Fsp3) is 0.952. The summed E-state index contributed by atoms with van der Waals surface area (Å²) in [6.07, 6.45) is 59.9. The molecule has 0 aliphatic heterocycles. The average molecular weight is 1490 g/mol. The number of phosphoric ester groups is 2. The summed E-state index contributed by atoms with van der Waals surface area (Å²) in [5.41, 5.74) is 0. The number of carbonyl (C=O) groups excluding carboxylic acids is 4. The first-order valence-electron chi connectivity index (χ1n) is 42.7. The number of hydrogen-bond acceptors (Lipinski definition) is 15. The number of hydrogen-bond donors (Lipinski definition) is 3. The maximum atomic E-state index is 13.1. The van der Waals surface area contributed by atoms with E-state index in [1.807, 2.05) is 0 Å². The number of carbonyl (C=O) groups is 4. The molecule has 0 aliphatic carbocycles. The highest BCUT2D eigenvalue weighted by Gasteiger charge is 2.30. The number of aliphatic hydroxyl groups is 1. The fourth-order valence-corrected chi connectivity index (χ4v) is 14.3. The molecule has 3 unspecified atom stereocenters. The second kappa shape index (κ2) is 72.0. The van der Waals surface area contributed by atoms with Crippen LogP contribution in [0.1, 0.15) is 428 Å². The van der Waals surface area contributed by atoms with Gasteiger partial charge in [-0.1, -0.05) is 376 Å². The van der Waals surface area contributed by atoms with Crippen LogP contribution in [0.4, 0.5) is 0 Å². The van der Waals surface area contributed by atoms with Crippen LogP contribution in [0.2, 0.25) is 0 Å². The second-order valence-corrected chi connectivity index (χ2v) is 34.4. The highest BCUT2D eigenvalue weighted by atomic mass is 31.2. The molecule has 0 saturated carbocycles. The van der Waals surface area contributed by atoms with Crippen molar-refractivity contribution in [2.75, 3.05) is 39.6 Å². The molecule has 0 amide bonds. The van der Waals surface area contributed by atoms with E-state index in [0.29, 0.717) is 25.7 Å². The summed E-state index contributed by atoms with van der Waals surface area (Å²) in [5.74, 6) is 0.986. The lowest BCUT2D eigenvalue weighted by molar-refractivity contribution is -0.161. The third-order valence-electron chi connectivity index (χ3n) is 19.7. The molecule has 0 fully saturated rings. The van der Waals surface area contributed by atoms with Gasteiger partial charge < -0.3 is 33.8 Å². The lowest BCUT2D eigenvalue weighted by atomic mass is 10.00. The zero-order valence-corrected chi connectivity index (χ0v) is 69.0. The first kappa shape index (κ1) is 100. The summed E-state index contributed by atoms with van der Waals surface area (Å²) >= 11 is 0. The van der Waals surface area contributed by atoms with Gasteiger partial charge in [0.05, 0.1) is 26.4 Å². The Hall–Kier alpha value is -1.94. The molecule has 6 atom stereocenters. The topological polar surface area (TPSA) is 237 Å². The van der Waals surface area contributed by atoms with Gasteiger partial charge in [-0.05, 0) is 49.4 Å². The van der Waals surface area contributed by atoms with Crippen molar-refractivity contribution in [3.8, 4) is 0 Å². The third-order valence-corrected chi connectivity index (χ3v) is 21.6. The Labute approximate surface area is 626 Å². The van der Waals surface area contributed by atoms with Crippen molar-refractivity contribution in [1.29, 1.82) is 0 Å². The van der Waals surface area contributed by atoms with Crippen LogP contribution in [0.5, 0.6) is 0 Å². The van der Waals surface area contributed by atoms with Crippen LogP contribution in [-0.4, -0.2) is 96.7 Å². The second-order valence-electron chi connectivity index (χ2n) is 31.5. The SMILES string of the molecule is CCC(C)CCCCCCCCC(=O)OC[C@H](COP(=O)(O)OC[C@H](O)COP(=O)(O)OC[C@@H](COC(=O)CCCCCCCCCCCCCCCCCCC(C)C)OC(=O)CCCCCCCCCCCC(C)C)OC(=O)CCCCCCCCCCCCCCCCCCCCC(C)C. The van der Waals surface area contributed by atoms with Gasteiger partial charge in [-0.25, -0.2) is 9.13 Å². The van der Waals surface area contributed by atoms with Crippen molar-refractivity contribution in [1.82, 2.24) is 0 Å². The minimum absolute atomic E-state index is 0.105. The average Bonchev–Trinajstić information content (AvgIpc) is 0.916. The molecule has 0 aromatic rings. The van der Waals surface area contributed by atoms with Crippen molar-refractivity contribution in [3.05, 3.63) is 0 Å². The minimum Gasteiger partial charge on any atom is -0.462 e. The van der Waals surface area contributed by atoms with Crippen molar-refractivity contribution < 1.29 is 80.2 Å². The molecule has 0 heterocycles. The standard InChI is InChI=1S/C83H162O17P2/c1-9-76(8)62-54-46-41-42-48-56-64-81(86)94-70-79(100-82(87)65-57-49-39-33-27-23-19-13-11-10-12-16-20-24-29-35-43-51-59-73(2)3)72-98-102(91,92)96-68-77(84)67-95-101(89,90)97-71-78(99-83(88)66-58-50-40-34-28-31-37-45-53-61-75(6)7)69-93-80(85)63-55-47-38-32-26-22-18-15-14-17-21-25-30-36-44-52-60-74(4)5/h73-79,84H,9-72H2,1-8H3,(H,89,90)(H,91,92)/t76?,77-,78-,79-/m1/s1. The molecule has 0 radical (unpaired) electrons. The van der Waals surface area contributed by atoms with E-state index in [-0.39, 0.29) is 25.7 Å². The van der Waals surface area contributed by atoms with Gasteiger partial charge in [-0.2, -0.15) is 0 Å². The van der Waals surface area contributed by atoms with Gasteiger partial charge in [0.1, 0.15) is 19.3 Å². The number of rotatable bonds is 80. The number of aliphatic hydroxyl groups excluding tert-OH is 1. The highest BCUT2D eigenvalue weighted by molar-refractivity contribution is 7.47. The molecule has 606 valence electrons. The number of phosphoric acid groups is 2. The summed E-state index contributed by atoms with van der Waals surface area (Å²) in [6.45, 7) is 14.3. The van der Waals surface area contributed by atoms with Crippen molar-refractivity contribution in [3.63, 3.8) is 0 Å². The lowest BCUT2D eigenvalue weighted by Crippen LogP contribution is -2.30. The van der Waals surface area contributed by atoms with Crippen LogP contribution < -0.4 is 0 Å². The molecular formula is C83H162O17P2. The van der Waals surface area contributed by atoms with E-state index in [4.69, 9.17) is 37.0 Å². The third kappa shape index (κ3) is 74.9. The minimum atomic E-state index is -4.96. The quantitative estimate of drug-likeness (QED) is 0.0222. The smallest absolute Gasteiger partial charge is 0.462 e. The van der Waals surface area contributed by atoms with Gasteiger partial charge >= 0.3 is 39.5 Å². The molecule has 0 rings (SSSR count). The lowest BCUT2D eigenvalue weighted by Gasteiger charge is -2.21. The van der Waals surface area contributed by atoms with E-state index in [9.17, 15) is 43.2 Å². The van der Waals surface area contributed by atoms with Crippen LogP contribution in [0, 0.1) is 23.7 Å². The maximum absolute atomic E-state index is 13.1.